The van der Waals surface area contributed by atoms with Crippen molar-refractivity contribution in [1.29, 1.82) is 0 Å². The van der Waals surface area contributed by atoms with Crippen LogP contribution in [0.2, 0.25) is 0 Å². The summed E-state index contributed by atoms with van der Waals surface area (Å²) in [7, 11) is 0. The summed E-state index contributed by atoms with van der Waals surface area (Å²) in [5.74, 6) is -0.249. The van der Waals surface area contributed by atoms with E-state index in [1.165, 1.54) is 23.1 Å². The van der Waals surface area contributed by atoms with E-state index in [-0.39, 0.29) is 11.6 Å². The van der Waals surface area contributed by atoms with Crippen LogP contribution in [-0.2, 0) is 20.7 Å². The molecular formula is C22H22N2O6. The minimum atomic E-state index is -0.627. The molecule has 0 radical (unpaired) electrons. The molecule has 0 fully saturated rings. The van der Waals surface area contributed by atoms with Gasteiger partial charge in [-0.3, -0.25) is 14.9 Å². The normalized spacial score (nSPS) is 13.0. The maximum atomic E-state index is 12.5. The molecule has 0 aliphatic carbocycles. The van der Waals surface area contributed by atoms with E-state index in [0.717, 1.165) is 16.9 Å². The molecule has 1 aliphatic rings. The van der Waals surface area contributed by atoms with Crippen molar-refractivity contribution in [2.75, 3.05) is 24.7 Å². The maximum absolute atomic E-state index is 12.5. The first-order valence-corrected chi connectivity index (χ1v) is 9.63. The minimum Gasteiger partial charge on any atom is -0.494 e. The molecule has 1 amide bonds. The van der Waals surface area contributed by atoms with E-state index in [2.05, 4.69) is 0 Å². The Hall–Kier alpha value is -3.68. The van der Waals surface area contributed by atoms with Crippen molar-refractivity contribution >= 4 is 29.3 Å². The van der Waals surface area contributed by atoms with Crippen molar-refractivity contribution in [2.24, 2.45) is 0 Å². The van der Waals surface area contributed by atoms with Gasteiger partial charge in [0.15, 0.2) is 6.61 Å². The van der Waals surface area contributed by atoms with E-state index in [1.807, 2.05) is 19.1 Å². The van der Waals surface area contributed by atoms with Gasteiger partial charge in [0.2, 0.25) is 0 Å². The van der Waals surface area contributed by atoms with E-state index in [0.29, 0.717) is 31.7 Å². The number of benzene rings is 2. The summed E-state index contributed by atoms with van der Waals surface area (Å²) in [6.45, 7) is 2.55. The molecule has 2 aromatic rings. The fraction of sp³-hybridized carbons (Fsp3) is 0.273. The van der Waals surface area contributed by atoms with Crippen LogP contribution < -0.4 is 9.64 Å². The lowest BCUT2D eigenvalue weighted by molar-refractivity contribution is -0.384. The van der Waals surface area contributed by atoms with E-state index >= 15 is 0 Å². The Balaban J connectivity index is 1.57. The second kappa shape index (κ2) is 9.69. The van der Waals surface area contributed by atoms with Crippen LogP contribution in [0.4, 0.5) is 11.4 Å². The van der Waals surface area contributed by atoms with Gasteiger partial charge >= 0.3 is 5.97 Å². The lowest BCUT2D eigenvalue weighted by Crippen LogP contribution is -2.38. The number of hydrogen-bond acceptors (Lipinski definition) is 6. The van der Waals surface area contributed by atoms with Crippen molar-refractivity contribution < 1.29 is 24.0 Å². The third-order valence-corrected chi connectivity index (χ3v) is 4.63. The summed E-state index contributed by atoms with van der Waals surface area (Å²) in [4.78, 5) is 36.5. The zero-order valence-corrected chi connectivity index (χ0v) is 16.6. The Morgan fingerprint density at radius 2 is 1.97 bits per heavy atom. The van der Waals surface area contributed by atoms with Crippen LogP contribution in [0.15, 0.2) is 48.5 Å². The summed E-state index contributed by atoms with van der Waals surface area (Å²) < 4.78 is 10.4. The lowest BCUT2D eigenvalue weighted by atomic mass is 10.0. The number of fused-ring (bicyclic) bond motifs is 1. The summed E-state index contributed by atoms with van der Waals surface area (Å²) in [6.07, 6.45) is 4.20. The van der Waals surface area contributed by atoms with Crippen LogP contribution in [0.3, 0.4) is 0 Å². The van der Waals surface area contributed by atoms with Crippen molar-refractivity contribution in [3.05, 3.63) is 69.8 Å². The number of nitro benzene ring substituents is 1. The Morgan fingerprint density at radius 3 is 2.67 bits per heavy atom. The van der Waals surface area contributed by atoms with Crippen LogP contribution in [0, 0.1) is 10.1 Å². The van der Waals surface area contributed by atoms with E-state index < -0.39 is 17.5 Å². The molecule has 1 aliphatic heterocycles. The van der Waals surface area contributed by atoms with Gasteiger partial charge in [-0.2, -0.15) is 0 Å². The quantitative estimate of drug-likeness (QED) is 0.300. The molecule has 2 aromatic carbocycles. The highest BCUT2D eigenvalue weighted by molar-refractivity contribution is 5.97. The fourth-order valence-electron chi connectivity index (χ4n) is 3.22. The molecule has 30 heavy (non-hydrogen) atoms. The van der Waals surface area contributed by atoms with Gasteiger partial charge in [-0.15, -0.1) is 0 Å². The number of hydrogen-bond donors (Lipinski definition) is 0. The van der Waals surface area contributed by atoms with Crippen molar-refractivity contribution in [3.8, 4) is 5.75 Å². The van der Waals surface area contributed by atoms with Gasteiger partial charge in [0.25, 0.3) is 11.6 Å². The number of carbonyl (C=O) groups is 2. The summed E-state index contributed by atoms with van der Waals surface area (Å²) in [5, 5.41) is 10.9. The Kier molecular flexibility index (Phi) is 6.79. The SMILES string of the molecule is CCOc1ccc(/C=C/C(=O)OCC(=O)N2CCCc3cc([N+](=O)[O-])ccc32)cc1. The molecule has 0 N–H and O–H groups in total. The van der Waals surface area contributed by atoms with Crippen molar-refractivity contribution in [3.63, 3.8) is 0 Å². The molecule has 0 spiro atoms. The number of carbonyl (C=O) groups excluding carboxylic acids is 2. The first kappa shape index (κ1) is 21.0. The molecule has 8 nitrogen and oxygen atoms in total. The zero-order chi connectivity index (χ0) is 21.5. The van der Waals surface area contributed by atoms with E-state index in [1.54, 1.807) is 24.3 Å². The Labute approximate surface area is 173 Å². The van der Waals surface area contributed by atoms with E-state index in [9.17, 15) is 19.7 Å². The number of esters is 1. The standard InChI is InChI=1S/C22H22N2O6/c1-2-29-19-9-5-16(6-10-19)7-12-22(26)30-15-21(25)23-13-3-4-17-14-18(24(27)28)8-11-20(17)23/h5-12,14H,2-4,13,15H2,1H3/b12-7+. The lowest BCUT2D eigenvalue weighted by Gasteiger charge is -2.29. The smallest absolute Gasteiger partial charge is 0.331 e. The maximum Gasteiger partial charge on any atom is 0.331 e. The zero-order valence-electron chi connectivity index (χ0n) is 16.6. The number of aryl methyl sites for hydroxylation is 1. The highest BCUT2D eigenvalue weighted by atomic mass is 16.6. The van der Waals surface area contributed by atoms with Gasteiger partial charge < -0.3 is 14.4 Å². The van der Waals surface area contributed by atoms with Crippen LogP contribution in [0.25, 0.3) is 6.08 Å². The summed E-state index contributed by atoms with van der Waals surface area (Å²) >= 11 is 0. The molecular weight excluding hydrogens is 388 g/mol. The predicted molar refractivity (Wildman–Crippen MR) is 111 cm³/mol. The molecule has 0 saturated heterocycles. The molecule has 0 unspecified atom stereocenters. The Morgan fingerprint density at radius 1 is 1.20 bits per heavy atom. The van der Waals surface area contributed by atoms with Crippen molar-refractivity contribution in [2.45, 2.75) is 19.8 Å². The molecule has 3 rings (SSSR count). The number of rotatable bonds is 7. The monoisotopic (exact) mass is 410 g/mol. The average Bonchev–Trinajstić information content (AvgIpc) is 2.76. The van der Waals surface area contributed by atoms with Gasteiger partial charge in [-0.25, -0.2) is 4.79 Å². The molecule has 8 heteroatoms. The van der Waals surface area contributed by atoms with Gasteiger partial charge in [-0.05, 0) is 55.2 Å². The number of non-ortho nitro benzene ring substituents is 1. The van der Waals surface area contributed by atoms with Crippen LogP contribution in [0.1, 0.15) is 24.5 Å². The fourth-order valence-corrected chi connectivity index (χ4v) is 3.22. The van der Waals surface area contributed by atoms with E-state index in [4.69, 9.17) is 9.47 Å². The van der Waals surface area contributed by atoms with Crippen LogP contribution in [-0.4, -0.2) is 36.6 Å². The van der Waals surface area contributed by atoms with Crippen molar-refractivity contribution in [1.82, 2.24) is 0 Å². The number of nitro groups is 1. The number of nitrogens with zero attached hydrogens (tertiary/aromatic N) is 2. The molecule has 1 heterocycles. The van der Waals surface area contributed by atoms with Crippen LogP contribution in [0.5, 0.6) is 5.75 Å². The minimum absolute atomic E-state index is 0.00565. The first-order chi connectivity index (χ1) is 14.5. The van der Waals surface area contributed by atoms with Crippen LogP contribution >= 0.6 is 0 Å². The van der Waals surface area contributed by atoms with Gasteiger partial charge in [0.05, 0.1) is 11.5 Å². The summed E-state index contributed by atoms with van der Waals surface area (Å²) in [5.41, 5.74) is 2.16. The molecule has 0 bridgehead atoms. The largest absolute Gasteiger partial charge is 0.494 e. The summed E-state index contributed by atoms with van der Waals surface area (Å²) in [6, 6.07) is 11.6. The van der Waals surface area contributed by atoms with Gasteiger partial charge in [0, 0.05) is 30.4 Å². The predicted octanol–water partition coefficient (Wildman–Crippen LogP) is 3.53. The molecule has 0 atom stereocenters. The van der Waals surface area contributed by atoms with Gasteiger partial charge in [-0.1, -0.05) is 12.1 Å². The van der Waals surface area contributed by atoms with Gasteiger partial charge in [0.1, 0.15) is 5.75 Å². The highest BCUT2D eigenvalue weighted by Crippen LogP contribution is 2.30. The molecule has 156 valence electrons. The average molecular weight is 410 g/mol. The second-order valence-corrected chi connectivity index (χ2v) is 6.66. The highest BCUT2D eigenvalue weighted by Gasteiger charge is 2.24. The number of amides is 1. The third-order valence-electron chi connectivity index (χ3n) is 4.63. The number of anilines is 1. The Bertz CT molecular complexity index is 968. The topological polar surface area (TPSA) is 99.0 Å². The molecule has 0 saturated carbocycles. The number of ether oxygens (including phenoxy) is 2. The first-order valence-electron chi connectivity index (χ1n) is 9.63. The third kappa shape index (κ3) is 5.22. The second-order valence-electron chi connectivity index (χ2n) is 6.66. The molecule has 0 aromatic heterocycles.